The molecular formula is C17H15ClN2O2. The third-order valence-electron chi connectivity index (χ3n) is 3.84. The predicted molar refractivity (Wildman–Crippen MR) is 85.7 cm³/mol. The number of aryl methyl sites for hydroxylation is 2. The Labute approximate surface area is 133 Å². The zero-order valence-corrected chi connectivity index (χ0v) is 12.7. The fourth-order valence-corrected chi connectivity index (χ4v) is 2.97. The lowest BCUT2D eigenvalue weighted by Crippen LogP contribution is -1.93. The molecule has 22 heavy (non-hydrogen) atoms. The first-order chi connectivity index (χ1) is 10.8. The van der Waals surface area contributed by atoms with Crippen molar-refractivity contribution in [2.45, 2.75) is 19.3 Å². The molecule has 5 heteroatoms. The second kappa shape index (κ2) is 5.54. The van der Waals surface area contributed by atoms with Gasteiger partial charge in [-0.3, -0.25) is 0 Å². The third-order valence-corrected chi connectivity index (χ3v) is 4.19. The Morgan fingerprint density at radius 3 is 2.77 bits per heavy atom. The number of halogens is 1. The number of fused-ring (bicyclic) bond motifs is 2. The summed E-state index contributed by atoms with van der Waals surface area (Å²) in [5.41, 5.74) is 3.18. The fourth-order valence-electron chi connectivity index (χ4n) is 2.72. The molecule has 0 aliphatic carbocycles. The Bertz CT molecular complexity index is 796. The van der Waals surface area contributed by atoms with Crippen LogP contribution in [0.4, 0.5) is 0 Å². The van der Waals surface area contributed by atoms with Crippen molar-refractivity contribution >= 4 is 22.6 Å². The lowest BCUT2D eigenvalue weighted by molar-refractivity contribution is 0.174. The standard InChI is InChI=1S/C17H15ClN2O2/c18-12-9-16-15(21-10-22-16)8-11(12)4-3-7-17-19-13-5-1-2-6-14(13)20-17/h1-2,5-6,8-9H,3-4,7,10H2,(H,19,20). The normalized spacial score (nSPS) is 13.0. The number of H-pyrrole nitrogens is 1. The highest BCUT2D eigenvalue weighted by molar-refractivity contribution is 6.31. The number of ether oxygens (including phenoxy) is 2. The first-order valence-electron chi connectivity index (χ1n) is 7.31. The van der Waals surface area contributed by atoms with Gasteiger partial charge in [0, 0.05) is 17.5 Å². The van der Waals surface area contributed by atoms with Crippen molar-refractivity contribution in [2.75, 3.05) is 6.79 Å². The van der Waals surface area contributed by atoms with E-state index in [9.17, 15) is 0 Å². The van der Waals surface area contributed by atoms with E-state index in [1.807, 2.05) is 36.4 Å². The number of nitrogens with one attached hydrogen (secondary N) is 1. The second-order valence-corrected chi connectivity index (χ2v) is 5.76. The second-order valence-electron chi connectivity index (χ2n) is 5.35. The zero-order valence-electron chi connectivity index (χ0n) is 11.9. The van der Waals surface area contributed by atoms with Crippen LogP contribution in [0.2, 0.25) is 5.02 Å². The summed E-state index contributed by atoms with van der Waals surface area (Å²) in [5, 5.41) is 0.730. The Morgan fingerprint density at radius 2 is 1.91 bits per heavy atom. The summed E-state index contributed by atoms with van der Waals surface area (Å²) in [6.07, 6.45) is 2.74. The summed E-state index contributed by atoms with van der Waals surface area (Å²) < 4.78 is 10.7. The van der Waals surface area contributed by atoms with Gasteiger partial charge in [0.1, 0.15) is 5.82 Å². The van der Waals surface area contributed by atoms with E-state index in [0.717, 1.165) is 58.2 Å². The average Bonchev–Trinajstić information content (AvgIpc) is 3.12. The first kappa shape index (κ1) is 13.5. The smallest absolute Gasteiger partial charge is 0.231 e. The summed E-state index contributed by atoms with van der Waals surface area (Å²) in [4.78, 5) is 7.94. The van der Waals surface area contributed by atoms with E-state index >= 15 is 0 Å². The number of imidazole rings is 1. The molecule has 0 fully saturated rings. The highest BCUT2D eigenvalue weighted by Crippen LogP contribution is 2.37. The molecular weight excluding hydrogens is 300 g/mol. The Balaban J connectivity index is 1.44. The first-order valence-corrected chi connectivity index (χ1v) is 7.69. The van der Waals surface area contributed by atoms with Gasteiger partial charge in [-0.25, -0.2) is 4.98 Å². The summed E-state index contributed by atoms with van der Waals surface area (Å²) in [6.45, 7) is 0.272. The Hall–Kier alpha value is -2.20. The van der Waals surface area contributed by atoms with Gasteiger partial charge < -0.3 is 14.5 Å². The summed E-state index contributed by atoms with van der Waals surface area (Å²) >= 11 is 6.29. The molecule has 0 amide bonds. The number of benzene rings is 2. The molecule has 0 spiro atoms. The van der Waals surface area contributed by atoms with Crippen molar-refractivity contribution in [3.63, 3.8) is 0 Å². The van der Waals surface area contributed by atoms with Crippen LogP contribution in [0, 0.1) is 0 Å². The number of nitrogens with zero attached hydrogens (tertiary/aromatic N) is 1. The van der Waals surface area contributed by atoms with Crippen LogP contribution in [0.1, 0.15) is 17.8 Å². The summed E-state index contributed by atoms with van der Waals surface area (Å²) in [7, 11) is 0. The molecule has 0 saturated carbocycles. The molecule has 0 saturated heterocycles. The molecule has 0 bridgehead atoms. The molecule has 3 aromatic rings. The largest absolute Gasteiger partial charge is 0.454 e. The van der Waals surface area contributed by atoms with Crippen molar-refractivity contribution < 1.29 is 9.47 Å². The average molecular weight is 315 g/mol. The third kappa shape index (κ3) is 2.50. The minimum Gasteiger partial charge on any atom is -0.454 e. The van der Waals surface area contributed by atoms with E-state index in [0.29, 0.717) is 0 Å². The molecule has 2 heterocycles. The van der Waals surface area contributed by atoms with E-state index < -0.39 is 0 Å². The maximum absolute atomic E-state index is 6.29. The highest BCUT2D eigenvalue weighted by Gasteiger charge is 2.16. The van der Waals surface area contributed by atoms with Gasteiger partial charge in [-0.15, -0.1) is 0 Å². The summed E-state index contributed by atoms with van der Waals surface area (Å²) in [6, 6.07) is 11.9. The van der Waals surface area contributed by atoms with Gasteiger partial charge in [-0.05, 0) is 36.6 Å². The number of aromatic amines is 1. The molecule has 1 N–H and O–H groups in total. The number of hydrogen-bond acceptors (Lipinski definition) is 3. The Kier molecular flexibility index (Phi) is 3.39. The van der Waals surface area contributed by atoms with Crippen LogP contribution in [0.15, 0.2) is 36.4 Å². The minimum absolute atomic E-state index is 0.272. The number of aromatic nitrogens is 2. The quantitative estimate of drug-likeness (QED) is 0.788. The molecule has 2 aromatic carbocycles. The molecule has 1 aromatic heterocycles. The maximum atomic E-state index is 6.29. The van der Waals surface area contributed by atoms with Crippen LogP contribution in [-0.2, 0) is 12.8 Å². The van der Waals surface area contributed by atoms with Gasteiger partial charge >= 0.3 is 0 Å². The number of para-hydroxylation sites is 2. The maximum Gasteiger partial charge on any atom is 0.231 e. The molecule has 1 aliphatic rings. The van der Waals surface area contributed by atoms with Crippen LogP contribution < -0.4 is 9.47 Å². The molecule has 0 atom stereocenters. The molecule has 4 rings (SSSR count). The van der Waals surface area contributed by atoms with Gasteiger partial charge in [0.25, 0.3) is 0 Å². The van der Waals surface area contributed by atoms with Crippen LogP contribution in [0.25, 0.3) is 11.0 Å². The van der Waals surface area contributed by atoms with Crippen molar-refractivity contribution in [1.82, 2.24) is 9.97 Å². The van der Waals surface area contributed by atoms with Crippen molar-refractivity contribution in [3.8, 4) is 11.5 Å². The lowest BCUT2D eigenvalue weighted by Gasteiger charge is -2.05. The highest BCUT2D eigenvalue weighted by atomic mass is 35.5. The topological polar surface area (TPSA) is 47.1 Å². The minimum atomic E-state index is 0.272. The van der Waals surface area contributed by atoms with Crippen molar-refractivity contribution in [1.29, 1.82) is 0 Å². The molecule has 112 valence electrons. The van der Waals surface area contributed by atoms with Crippen LogP contribution in [0.3, 0.4) is 0 Å². The van der Waals surface area contributed by atoms with Crippen LogP contribution in [-0.4, -0.2) is 16.8 Å². The van der Waals surface area contributed by atoms with Gasteiger partial charge in [0.15, 0.2) is 11.5 Å². The van der Waals surface area contributed by atoms with E-state index in [2.05, 4.69) is 9.97 Å². The zero-order chi connectivity index (χ0) is 14.9. The van der Waals surface area contributed by atoms with E-state index in [4.69, 9.17) is 21.1 Å². The predicted octanol–water partition coefficient (Wildman–Crippen LogP) is 4.12. The monoisotopic (exact) mass is 314 g/mol. The van der Waals surface area contributed by atoms with E-state index in [1.165, 1.54) is 0 Å². The van der Waals surface area contributed by atoms with E-state index in [1.54, 1.807) is 0 Å². The van der Waals surface area contributed by atoms with Gasteiger partial charge in [0.2, 0.25) is 6.79 Å². The number of hydrogen-bond donors (Lipinski definition) is 1. The molecule has 0 radical (unpaired) electrons. The number of rotatable bonds is 4. The van der Waals surface area contributed by atoms with E-state index in [-0.39, 0.29) is 6.79 Å². The molecule has 4 nitrogen and oxygen atoms in total. The van der Waals surface area contributed by atoms with Crippen molar-refractivity contribution in [3.05, 3.63) is 52.8 Å². The van der Waals surface area contributed by atoms with Crippen LogP contribution in [0.5, 0.6) is 11.5 Å². The molecule has 0 unspecified atom stereocenters. The summed E-state index contributed by atoms with van der Waals surface area (Å²) in [5.74, 6) is 2.52. The van der Waals surface area contributed by atoms with Gasteiger partial charge in [-0.2, -0.15) is 0 Å². The van der Waals surface area contributed by atoms with Gasteiger partial charge in [-0.1, -0.05) is 23.7 Å². The lowest BCUT2D eigenvalue weighted by atomic mass is 10.1. The fraction of sp³-hybridized carbons (Fsp3) is 0.235. The SMILES string of the molecule is Clc1cc2c(cc1CCCc1nc3ccccc3[nH]1)OCO2. The molecule has 1 aliphatic heterocycles. The Morgan fingerprint density at radius 1 is 1.09 bits per heavy atom. The van der Waals surface area contributed by atoms with Crippen LogP contribution >= 0.6 is 11.6 Å². The van der Waals surface area contributed by atoms with Crippen molar-refractivity contribution in [2.24, 2.45) is 0 Å². The van der Waals surface area contributed by atoms with Gasteiger partial charge in [0.05, 0.1) is 11.0 Å².